The number of aromatic nitrogens is 2. The summed E-state index contributed by atoms with van der Waals surface area (Å²) in [4.78, 5) is 0. The number of benzene rings is 9. The Hall–Kier alpha value is -7.86. The Kier molecular flexibility index (Phi) is 5.82. The van der Waals surface area contributed by atoms with Crippen LogP contribution in [0.5, 0.6) is 0 Å². The summed E-state index contributed by atoms with van der Waals surface area (Å²) in [6, 6.07) is 63.5. The van der Waals surface area contributed by atoms with Gasteiger partial charge in [-0.3, -0.25) is 0 Å². The van der Waals surface area contributed by atoms with Crippen LogP contribution >= 0.6 is 0 Å². The normalized spacial score (nSPS) is 12.5. The third-order valence-electron chi connectivity index (χ3n) is 12.8. The van der Waals surface area contributed by atoms with E-state index in [9.17, 15) is 10.5 Å². The van der Waals surface area contributed by atoms with Gasteiger partial charge in [-0.15, -0.1) is 0 Å². The Morgan fingerprint density at radius 1 is 0.386 bits per heavy atom. The maximum absolute atomic E-state index is 9.62. The number of para-hydroxylation sites is 2. The van der Waals surface area contributed by atoms with Crippen molar-refractivity contribution in [3.05, 3.63) is 175 Å². The van der Waals surface area contributed by atoms with Gasteiger partial charge in [0.15, 0.2) is 0 Å². The minimum Gasteiger partial charge on any atom is -0.309 e. The van der Waals surface area contributed by atoms with Crippen molar-refractivity contribution >= 4 is 88.3 Å². The van der Waals surface area contributed by atoms with E-state index >= 15 is 0 Å². The van der Waals surface area contributed by atoms with Crippen molar-refractivity contribution in [2.75, 3.05) is 0 Å². The van der Waals surface area contributed by atoms with Gasteiger partial charge in [-0.1, -0.05) is 120 Å². The molecule has 13 rings (SSSR count). The number of rotatable bonds is 2. The van der Waals surface area contributed by atoms with Crippen LogP contribution in [0.2, 0.25) is 0 Å². The first kappa shape index (κ1) is 30.5. The summed E-state index contributed by atoms with van der Waals surface area (Å²) in [5.74, 6) is 0. The summed E-state index contributed by atoms with van der Waals surface area (Å²) >= 11 is 0. The number of hydrogen-bond acceptors (Lipinski definition) is 2. The Labute approximate surface area is 327 Å². The molecule has 0 bridgehead atoms. The molecular weight excluding hydrogens is 691 g/mol. The molecule has 2 aliphatic heterocycles. The van der Waals surface area contributed by atoms with Crippen LogP contribution in [0.4, 0.5) is 0 Å². The van der Waals surface area contributed by atoms with Crippen molar-refractivity contribution in [1.82, 2.24) is 9.13 Å². The molecule has 258 valence electrons. The van der Waals surface area contributed by atoms with Crippen molar-refractivity contribution < 1.29 is 0 Å². The van der Waals surface area contributed by atoms with Crippen LogP contribution in [0.1, 0.15) is 11.1 Å². The molecule has 4 nitrogen and oxygen atoms in total. The van der Waals surface area contributed by atoms with Crippen molar-refractivity contribution in [3.63, 3.8) is 0 Å². The fourth-order valence-electron chi connectivity index (χ4n) is 10.6. The second-order valence-corrected chi connectivity index (χ2v) is 15.4. The lowest BCUT2D eigenvalue weighted by molar-refractivity contribution is 1.18. The standard InChI is InChI=1S/C52H27BN4/c54-28-30-18-22-32(23-19-30)56-46-16-3-1-8-34(46)42-26-44-48-36(10-5-14-40(48)51(42)56)38-12-7-13-39-37-11-6-15-41-49(37)45(53(44)50(38)39)27-43-35-9-2-4-17-47(35)57(52(41)43)33-24-20-31(29-55)21-25-33/h1-27H. The molecule has 11 aromatic rings. The van der Waals surface area contributed by atoms with Gasteiger partial charge in [-0.25, -0.2) is 0 Å². The molecule has 4 heterocycles. The third-order valence-corrected chi connectivity index (χ3v) is 12.8. The first-order chi connectivity index (χ1) is 28.2. The van der Waals surface area contributed by atoms with E-state index in [1.54, 1.807) is 0 Å². The molecular formula is C52H27BN4. The van der Waals surface area contributed by atoms with Gasteiger partial charge in [0.25, 0.3) is 0 Å². The smallest absolute Gasteiger partial charge is 0.244 e. The van der Waals surface area contributed by atoms with Crippen LogP contribution in [0, 0.1) is 22.7 Å². The lowest BCUT2D eigenvalue weighted by atomic mass is 9.31. The van der Waals surface area contributed by atoms with Gasteiger partial charge in [-0.05, 0) is 93.7 Å². The molecule has 0 saturated carbocycles. The van der Waals surface area contributed by atoms with E-state index in [-0.39, 0.29) is 6.71 Å². The summed E-state index contributed by atoms with van der Waals surface area (Å²) in [5, 5.41) is 29.2. The van der Waals surface area contributed by atoms with Gasteiger partial charge in [0, 0.05) is 43.7 Å². The van der Waals surface area contributed by atoms with Gasteiger partial charge in [0.2, 0.25) is 6.71 Å². The lowest BCUT2D eigenvalue weighted by Crippen LogP contribution is -2.57. The summed E-state index contributed by atoms with van der Waals surface area (Å²) < 4.78 is 4.78. The predicted octanol–water partition coefficient (Wildman–Crippen LogP) is 10.4. The van der Waals surface area contributed by atoms with Crippen LogP contribution in [0.25, 0.3) is 98.8 Å². The molecule has 0 atom stereocenters. The van der Waals surface area contributed by atoms with E-state index in [1.807, 2.05) is 24.3 Å². The van der Waals surface area contributed by atoms with Crippen LogP contribution in [0.3, 0.4) is 0 Å². The number of fused-ring (bicyclic) bond motifs is 12. The summed E-state index contributed by atoms with van der Waals surface area (Å²) in [7, 11) is 0. The SMILES string of the molecule is N#Cc1ccc(-n2c3ccccc3c3cc4c5c(cccc5c32)-c2cccc3c2B4c2cc4c5ccccc5n(-c5ccc(C#N)cc5)c4c4cccc-3c24)cc1. The average molecular weight is 719 g/mol. The highest BCUT2D eigenvalue weighted by atomic mass is 15.0. The van der Waals surface area contributed by atoms with Gasteiger partial charge in [0.05, 0.1) is 45.3 Å². The van der Waals surface area contributed by atoms with Crippen LogP contribution in [0.15, 0.2) is 164 Å². The Morgan fingerprint density at radius 2 is 0.789 bits per heavy atom. The summed E-state index contributed by atoms with van der Waals surface area (Å²) in [6.07, 6.45) is 0. The number of nitriles is 2. The predicted molar refractivity (Wildman–Crippen MR) is 235 cm³/mol. The largest absolute Gasteiger partial charge is 0.309 e. The molecule has 2 aliphatic rings. The minimum absolute atomic E-state index is 0.00819. The molecule has 0 radical (unpaired) electrons. The Bertz CT molecular complexity index is 3460. The van der Waals surface area contributed by atoms with E-state index in [0.29, 0.717) is 11.1 Å². The highest BCUT2D eigenvalue weighted by Crippen LogP contribution is 2.45. The molecule has 0 saturated heterocycles. The van der Waals surface area contributed by atoms with Crippen LogP contribution in [-0.4, -0.2) is 15.8 Å². The van der Waals surface area contributed by atoms with E-state index in [2.05, 4.69) is 161 Å². The molecule has 0 spiro atoms. The molecule has 9 aromatic carbocycles. The van der Waals surface area contributed by atoms with Gasteiger partial charge in [0.1, 0.15) is 0 Å². The zero-order valence-corrected chi connectivity index (χ0v) is 30.5. The Balaban J connectivity index is 1.19. The zero-order valence-electron chi connectivity index (χ0n) is 30.5. The molecule has 0 amide bonds. The highest BCUT2D eigenvalue weighted by Gasteiger charge is 2.40. The van der Waals surface area contributed by atoms with Crippen LogP contribution < -0.4 is 16.4 Å². The second kappa shape index (κ2) is 10.9. The van der Waals surface area contributed by atoms with Gasteiger partial charge < -0.3 is 9.13 Å². The topological polar surface area (TPSA) is 57.4 Å². The first-order valence-electron chi connectivity index (χ1n) is 19.3. The van der Waals surface area contributed by atoms with E-state index in [4.69, 9.17) is 0 Å². The van der Waals surface area contributed by atoms with Gasteiger partial charge >= 0.3 is 0 Å². The van der Waals surface area contributed by atoms with Crippen molar-refractivity contribution in [1.29, 1.82) is 10.5 Å². The van der Waals surface area contributed by atoms with Crippen molar-refractivity contribution in [3.8, 4) is 45.8 Å². The monoisotopic (exact) mass is 718 g/mol. The Morgan fingerprint density at radius 3 is 1.25 bits per heavy atom. The van der Waals surface area contributed by atoms with E-state index < -0.39 is 0 Å². The maximum Gasteiger partial charge on any atom is 0.244 e. The van der Waals surface area contributed by atoms with Crippen molar-refractivity contribution in [2.45, 2.75) is 0 Å². The molecule has 0 N–H and O–H groups in total. The molecule has 0 fully saturated rings. The molecule has 57 heavy (non-hydrogen) atoms. The molecule has 5 heteroatoms. The number of nitrogens with zero attached hydrogens (tertiary/aromatic N) is 4. The van der Waals surface area contributed by atoms with Crippen molar-refractivity contribution in [2.24, 2.45) is 0 Å². The quantitative estimate of drug-likeness (QED) is 0.167. The maximum atomic E-state index is 9.62. The van der Waals surface area contributed by atoms with E-state index in [0.717, 1.165) is 22.4 Å². The van der Waals surface area contributed by atoms with Gasteiger partial charge in [-0.2, -0.15) is 10.5 Å². The van der Waals surface area contributed by atoms with Crippen LogP contribution in [-0.2, 0) is 0 Å². The third kappa shape index (κ3) is 3.80. The average Bonchev–Trinajstić information content (AvgIpc) is 3.79. The van der Waals surface area contributed by atoms with E-state index in [1.165, 1.54) is 92.8 Å². The molecule has 2 aromatic heterocycles. The fourth-order valence-corrected chi connectivity index (χ4v) is 10.6. The number of hydrogen-bond donors (Lipinski definition) is 0. The summed E-state index contributed by atoms with van der Waals surface area (Å²) in [6.45, 7) is 0.00819. The lowest BCUT2D eigenvalue weighted by Gasteiger charge is -2.34. The second-order valence-electron chi connectivity index (χ2n) is 15.4. The zero-order chi connectivity index (χ0) is 37.5. The fraction of sp³-hybridized carbons (Fsp3) is 0. The first-order valence-corrected chi connectivity index (χ1v) is 19.3. The summed E-state index contributed by atoms with van der Waals surface area (Å²) in [5.41, 5.74) is 17.2. The molecule has 0 unspecified atom stereocenters. The minimum atomic E-state index is 0.00819. The molecule has 0 aliphatic carbocycles. The highest BCUT2D eigenvalue weighted by molar-refractivity contribution is 7.01.